The van der Waals surface area contributed by atoms with Crippen molar-refractivity contribution in [3.05, 3.63) is 35.2 Å². The van der Waals surface area contributed by atoms with Gasteiger partial charge in [-0.3, -0.25) is 4.79 Å². The van der Waals surface area contributed by atoms with Gasteiger partial charge in [-0.15, -0.1) is 23.7 Å². The molecule has 112 valence electrons. The number of nitrogens with two attached hydrogens (primary N) is 1. The standard InChI is InChI=1S/C15H17N3OS.ClH/c1-2-10-3-5-11(6-4-10)12-9-20-14(17-12)18-13(19)15(16)7-8-15;/h3-6,9H,2,7-8,16H2,1H3,(H,17,18,19);1H. The minimum Gasteiger partial charge on any atom is -0.317 e. The second-order valence-corrected chi connectivity index (χ2v) is 6.06. The van der Waals surface area contributed by atoms with E-state index in [9.17, 15) is 4.79 Å². The first kappa shape index (κ1) is 15.9. The van der Waals surface area contributed by atoms with Gasteiger partial charge in [-0.05, 0) is 24.8 Å². The van der Waals surface area contributed by atoms with Gasteiger partial charge in [0.1, 0.15) is 0 Å². The number of anilines is 1. The number of hydrogen-bond acceptors (Lipinski definition) is 4. The summed E-state index contributed by atoms with van der Waals surface area (Å²) < 4.78 is 0. The first-order valence-corrected chi connectivity index (χ1v) is 7.64. The van der Waals surface area contributed by atoms with Crippen LogP contribution in [0.25, 0.3) is 11.3 Å². The maximum absolute atomic E-state index is 11.9. The van der Waals surface area contributed by atoms with E-state index in [0.29, 0.717) is 5.13 Å². The molecule has 21 heavy (non-hydrogen) atoms. The summed E-state index contributed by atoms with van der Waals surface area (Å²) in [7, 11) is 0. The lowest BCUT2D eigenvalue weighted by atomic mass is 10.1. The normalized spacial score (nSPS) is 15.1. The zero-order valence-electron chi connectivity index (χ0n) is 11.8. The molecule has 6 heteroatoms. The van der Waals surface area contributed by atoms with Crippen LogP contribution in [0.15, 0.2) is 29.6 Å². The van der Waals surface area contributed by atoms with Gasteiger partial charge in [0.25, 0.3) is 0 Å². The van der Waals surface area contributed by atoms with Crippen LogP contribution in [-0.2, 0) is 11.2 Å². The maximum Gasteiger partial charge on any atom is 0.246 e. The number of benzene rings is 1. The molecular formula is C15H18ClN3OS. The molecule has 1 heterocycles. The minimum atomic E-state index is -0.658. The zero-order valence-corrected chi connectivity index (χ0v) is 13.4. The van der Waals surface area contributed by atoms with Crippen LogP contribution in [0.4, 0.5) is 5.13 Å². The van der Waals surface area contributed by atoms with Crippen molar-refractivity contribution in [1.29, 1.82) is 0 Å². The van der Waals surface area contributed by atoms with Crippen molar-refractivity contribution >= 4 is 34.8 Å². The van der Waals surface area contributed by atoms with Crippen molar-refractivity contribution < 1.29 is 4.79 Å². The van der Waals surface area contributed by atoms with E-state index >= 15 is 0 Å². The lowest BCUT2D eigenvalue weighted by molar-refractivity contribution is -0.118. The van der Waals surface area contributed by atoms with E-state index < -0.39 is 5.54 Å². The van der Waals surface area contributed by atoms with Gasteiger partial charge in [-0.1, -0.05) is 31.2 Å². The molecule has 3 rings (SSSR count). The highest BCUT2D eigenvalue weighted by Crippen LogP contribution is 2.34. The fourth-order valence-electron chi connectivity index (χ4n) is 1.96. The van der Waals surface area contributed by atoms with Gasteiger partial charge in [0.05, 0.1) is 11.2 Å². The largest absolute Gasteiger partial charge is 0.317 e. The summed E-state index contributed by atoms with van der Waals surface area (Å²) in [5.74, 6) is -0.125. The van der Waals surface area contributed by atoms with Gasteiger partial charge in [-0.25, -0.2) is 4.98 Å². The summed E-state index contributed by atoms with van der Waals surface area (Å²) in [5.41, 5.74) is 8.44. The highest BCUT2D eigenvalue weighted by Gasteiger charge is 2.46. The highest BCUT2D eigenvalue weighted by molar-refractivity contribution is 7.14. The second-order valence-electron chi connectivity index (χ2n) is 5.20. The topological polar surface area (TPSA) is 68.0 Å². The third kappa shape index (κ3) is 3.43. The number of rotatable bonds is 4. The van der Waals surface area contributed by atoms with Crippen molar-refractivity contribution in [1.82, 2.24) is 4.98 Å². The van der Waals surface area contributed by atoms with Crippen LogP contribution >= 0.6 is 23.7 Å². The van der Waals surface area contributed by atoms with E-state index in [0.717, 1.165) is 30.5 Å². The summed E-state index contributed by atoms with van der Waals surface area (Å²) in [5, 5.41) is 5.36. The molecule has 0 unspecified atom stereocenters. The Kier molecular flexibility index (Phi) is 4.66. The number of nitrogens with zero attached hydrogens (tertiary/aromatic N) is 1. The molecule has 4 nitrogen and oxygen atoms in total. The molecule has 1 aliphatic rings. The molecule has 1 aromatic heterocycles. The minimum absolute atomic E-state index is 0. The molecule has 2 aromatic rings. The van der Waals surface area contributed by atoms with E-state index in [1.807, 2.05) is 5.38 Å². The second kappa shape index (κ2) is 6.13. The molecule has 1 aromatic carbocycles. The van der Waals surface area contributed by atoms with Gasteiger partial charge in [-0.2, -0.15) is 0 Å². The SMILES string of the molecule is CCc1ccc(-c2csc(NC(=O)C3(N)CC3)n2)cc1.Cl. The average molecular weight is 324 g/mol. The van der Waals surface area contributed by atoms with Crippen molar-refractivity contribution in [2.24, 2.45) is 5.73 Å². The number of hydrogen-bond donors (Lipinski definition) is 2. The number of carbonyl (C=O) groups excluding carboxylic acids is 1. The quantitative estimate of drug-likeness (QED) is 0.907. The predicted octanol–water partition coefficient (Wildman–Crippen LogP) is 3.22. The Morgan fingerprint density at radius 3 is 2.62 bits per heavy atom. The predicted molar refractivity (Wildman–Crippen MR) is 89.0 cm³/mol. The summed E-state index contributed by atoms with van der Waals surface area (Å²) in [6.45, 7) is 2.13. The number of amides is 1. The average Bonchev–Trinajstić information content (AvgIpc) is 3.06. The van der Waals surface area contributed by atoms with E-state index in [1.54, 1.807) is 0 Å². The number of thiazole rings is 1. The lowest BCUT2D eigenvalue weighted by Crippen LogP contribution is -2.37. The first-order chi connectivity index (χ1) is 9.60. The molecule has 0 radical (unpaired) electrons. The third-order valence-electron chi connectivity index (χ3n) is 3.62. The Bertz CT molecular complexity index is 635. The Labute approximate surface area is 134 Å². The van der Waals surface area contributed by atoms with Crippen LogP contribution in [0.1, 0.15) is 25.3 Å². The molecular weight excluding hydrogens is 306 g/mol. The molecule has 0 saturated heterocycles. The number of carbonyl (C=O) groups is 1. The van der Waals surface area contributed by atoms with Crippen LogP contribution in [0.2, 0.25) is 0 Å². The number of aryl methyl sites for hydroxylation is 1. The van der Waals surface area contributed by atoms with Gasteiger partial charge in [0.2, 0.25) is 5.91 Å². The Morgan fingerprint density at radius 1 is 1.38 bits per heavy atom. The fraction of sp³-hybridized carbons (Fsp3) is 0.333. The van der Waals surface area contributed by atoms with Crippen molar-refractivity contribution in [3.63, 3.8) is 0 Å². The molecule has 1 amide bonds. The lowest BCUT2D eigenvalue weighted by Gasteiger charge is -2.06. The number of nitrogens with one attached hydrogen (secondary N) is 1. The Morgan fingerprint density at radius 2 is 2.05 bits per heavy atom. The van der Waals surface area contributed by atoms with Gasteiger partial charge < -0.3 is 11.1 Å². The molecule has 1 fully saturated rings. The number of aromatic nitrogens is 1. The summed E-state index contributed by atoms with van der Waals surface area (Å²) >= 11 is 1.43. The van der Waals surface area contributed by atoms with E-state index in [4.69, 9.17) is 5.73 Å². The molecule has 0 spiro atoms. The first-order valence-electron chi connectivity index (χ1n) is 6.76. The summed E-state index contributed by atoms with van der Waals surface area (Å²) in [6, 6.07) is 8.33. The molecule has 0 bridgehead atoms. The van der Waals surface area contributed by atoms with Crippen molar-refractivity contribution in [2.75, 3.05) is 5.32 Å². The van der Waals surface area contributed by atoms with E-state index in [1.165, 1.54) is 16.9 Å². The van der Waals surface area contributed by atoms with Crippen LogP contribution in [-0.4, -0.2) is 16.4 Å². The van der Waals surface area contributed by atoms with Crippen molar-refractivity contribution in [2.45, 2.75) is 31.7 Å². The molecule has 1 aliphatic carbocycles. The summed E-state index contributed by atoms with van der Waals surface area (Å²) in [4.78, 5) is 16.3. The van der Waals surface area contributed by atoms with Gasteiger partial charge >= 0.3 is 0 Å². The van der Waals surface area contributed by atoms with Crippen molar-refractivity contribution in [3.8, 4) is 11.3 Å². The molecule has 0 aliphatic heterocycles. The Hall–Kier alpha value is -1.43. The van der Waals surface area contributed by atoms with Gasteiger partial charge in [0, 0.05) is 10.9 Å². The van der Waals surface area contributed by atoms with E-state index in [2.05, 4.69) is 41.5 Å². The molecule has 1 saturated carbocycles. The summed E-state index contributed by atoms with van der Waals surface area (Å²) in [6.07, 6.45) is 2.54. The maximum atomic E-state index is 11.9. The van der Waals surface area contributed by atoms with E-state index in [-0.39, 0.29) is 18.3 Å². The zero-order chi connectivity index (χ0) is 14.2. The Balaban J connectivity index is 0.00000161. The molecule has 3 N–H and O–H groups in total. The third-order valence-corrected chi connectivity index (χ3v) is 4.38. The monoisotopic (exact) mass is 323 g/mol. The fourth-order valence-corrected chi connectivity index (χ4v) is 2.67. The van der Waals surface area contributed by atoms with Crippen LogP contribution in [0.3, 0.4) is 0 Å². The van der Waals surface area contributed by atoms with Gasteiger partial charge in [0.15, 0.2) is 5.13 Å². The number of halogens is 1. The smallest absolute Gasteiger partial charge is 0.246 e. The van der Waals surface area contributed by atoms with Crippen LogP contribution in [0, 0.1) is 0 Å². The molecule has 0 atom stereocenters. The van der Waals surface area contributed by atoms with Crippen LogP contribution in [0.5, 0.6) is 0 Å². The highest BCUT2D eigenvalue weighted by atomic mass is 35.5. The van der Waals surface area contributed by atoms with Crippen LogP contribution < -0.4 is 11.1 Å².